The van der Waals surface area contributed by atoms with Crippen LogP contribution in [0.1, 0.15) is 18.1 Å². The smallest absolute Gasteiger partial charge is 0.321 e. The minimum Gasteiger partial charge on any atom is -0.331 e. The highest BCUT2D eigenvalue weighted by molar-refractivity contribution is 5.89. The normalized spacial score (nSPS) is 11.5. The van der Waals surface area contributed by atoms with Crippen LogP contribution in [0.15, 0.2) is 18.2 Å². The van der Waals surface area contributed by atoms with Crippen LogP contribution in [0.2, 0.25) is 0 Å². The topological polar surface area (TPSA) is 56.1 Å². The Kier molecular flexibility index (Phi) is 4.73. The van der Waals surface area contributed by atoms with Gasteiger partial charge in [0, 0.05) is 25.7 Å². The van der Waals surface area contributed by atoms with Gasteiger partial charge in [0.2, 0.25) is 0 Å². The number of carbonyl (C=O) groups excluding carboxylic acids is 1. The van der Waals surface area contributed by atoms with Crippen LogP contribution in [0.3, 0.4) is 0 Å². The summed E-state index contributed by atoms with van der Waals surface area (Å²) >= 11 is 0. The quantitative estimate of drug-likeness (QED) is 0.890. The van der Waals surface area contributed by atoms with E-state index >= 15 is 0 Å². The number of anilines is 1. The fourth-order valence-corrected chi connectivity index (χ4v) is 1.62. The summed E-state index contributed by atoms with van der Waals surface area (Å²) in [5.41, 5.74) is 2.93. The molecule has 96 valence electrons. The minimum absolute atomic E-state index is 0.00613. The van der Waals surface area contributed by atoms with E-state index in [0.29, 0.717) is 0 Å². The SMILES string of the molecule is Cc1cc(CC(C)C#N)ccc1NC(=O)N(C)C. The number of nitriles is 1. The highest BCUT2D eigenvalue weighted by atomic mass is 16.2. The lowest BCUT2D eigenvalue weighted by atomic mass is 10.0. The molecule has 1 aromatic rings. The van der Waals surface area contributed by atoms with Crippen LogP contribution in [0.4, 0.5) is 10.5 Å². The first kappa shape index (κ1) is 14.0. The highest BCUT2D eigenvalue weighted by Crippen LogP contribution is 2.18. The molecule has 0 fully saturated rings. The van der Waals surface area contributed by atoms with Crippen LogP contribution in [-0.4, -0.2) is 25.0 Å². The maximum Gasteiger partial charge on any atom is 0.321 e. The van der Waals surface area contributed by atoms with E-state index in [1.807, 2.05) is 32.0 Å². The molecule has 1 unspecified atom stereocenters. The highest BCUT2D eigenvalue weighted by Gasteiger charge is 2.08. The van der Waals surface area contributed by atoms with Gasteiger partial charge in [-0.15, -0.1) is 0 Å². The number of aryl methyl sites for hydroxylation is 1. The van der Waals surface area contributed by atoms with Gasteiger partial charge in [-0.3, -0.25) is 0 Å². The summed E-state index contributed by atoms with van der Waals surface area (Å²) in [6, 6.07) is 7.92. The molecule has 0 aromatic heterocycles. The van der Waals surface area contributed by atoms with E-state index in [2.05, 4.69) is 11.4 Å². The standard InChI is InChI=1S/C14H19N3O/c1-10(9-15)7-12-5-6-13(11(2)8-12)16-14(18)17(3)4/h5-6,8,10H,7H2,1-4H3,(H,16,18). The third kappa shape index (κ3) is 3.77. The summed E-state index contributed by atoms with van der Waals surface area (Å²) in [6.45, 7) is 3.85. The zero-order valence-corrected chi connectivity index (χ0v) is 11.3. The molecule has 18 heavy (non-hydrogen) atoms. The number of nitrogens with one attached hydrogen (secondary N) is 1. The number of nitrogens with zero attached hydrogens (tertiary/aromatic N) is 2. The van der Waals surface area contributed by atoms with Gasteiger partial charge in [-0.1, -0.05) is 12.1 Å². The molecule has 1 aromatic carbocycles. The van der Waals surface area contributed by atoms with E-state index in [1.54, 1.807) is 14.1 Å². The van der Waals surface area contributed by atoms with E-state index in [4.69, 9.17) is 5.26 Å². The van der Waals surface area contributed by atoms with Crippen molar-refractivity contribution in [2.24, 2.45) is 5.92 Å². The lowest BCUT2D eigenvalue weighted by molar-refractivity contribution is 0.230. The zero-order valence-electron chi connectivity index (χ0n) is 11.3. The molecule has 0 heterocycles. The molecule has 4 heteroatoms. The molecule has 2 amide bonds. The number of carbonyl (C=O) groups is 1. The Hall–Kier alpha value is -2.02. The minimum atomic E-state index is -0.142. The second kappa shape index (κ2) is 6.06. The monoisotopic (exact) mass is 245 g/mol. The average Bonchev–Trinajstić information content (AvgIpc) is 2.32. The average molecular weight is 245 g/mol. The van der Waals surface area contributed by atoms with Gasteiger partial charge < -0.3 is 10.2 Å². The van der Waals surface area contributed by atoms with Crippen molar-refractivity contribution in [3.8, 4) is 6.07 Å². The van der Waals surface area contributed by atoms with Crippen molar-refractivity contribution >= 4 is 11.7 Å². The number of hydrogen-bond acceptors (Lipinski definition) is 2. The fraction of sp³-hybridized carbons (Fsp3) is 0.429. The largest absolute Gasteiger partial charge is 0.331 e. The van der Waals surface area contributed by atoms with Gasteiger partial charge in [0.1, 0.15) is 0 Å². The number of rotatable bonds is 3. The zero-order chi connectivity index (χ0) is 13.7. The van der Waals surface area contributed by atoms with Gasteiger partial charge in [0.15, 0.2) is 0 Å². The van der Waals surface area contributed by atoms with Crippen LogP contribution in [-0.2, 0) is 6.42 Å². The second-order valence-corrected chi connectivity index (χ2v) is 4.71. The molecule has 0 aliphatic heterocycles. The van der Waals surface area contributed by atoms with E-state index < -0.39 is 0 Å². The lowest BCUT2D eigenvalue weighted by Crippen LogP contribution is -2.27. The Morgan fingerprint density at radius 3 is 2.67 bits per heavy atom. The molecule has 0 spiro atoms. The Labute approximate surface area is 108 Å². The van der Waals surface area contributed by atoms with Crippen molar-refractivity contribution in [3.05, 3.63) is 29.3 Å². The number of hydrogen-bond donors (Lipinski definition) is 1. The fourth-order valence-electron chi connectivity index (χ4n) is 1.62. The van der Waals surface area contributed by atoms with Crippen molar-refractivity contribution in [3.63, 3.8) is 0 Å². The molecule has 0 saturated carbocycles. The molecule has 1 atom stereocenters. The number of benzene rings is 1. The number of urea groups is 1. The maximum atomic E-state index is 11.5. The van der Waals surface area contributed by atoms with Crippen LogP contribution in [0.25, 0.3) is 0 Å². The van der Waals surface area contributed by atoms with Crippen molar-refractivity contribution in [2.75, 3.05) is 19.4 Å². The first-order chi connectivity index (χ1) is 8.43. The number of amides is 2. The first-order valence-corrected chi connectivity index (χ1v) is 5.91. The molecule has 0 radical (unpaired) electrons. The third-order valence-corrected chi connectivity index (χ3v) is 2.70. The maximum absolute atomic E-state index is 11.5. The summed E-state index contributed by atoms with van der Waals surface area (Å²) in [4.78, 5) is 13.0. The van der Waals surface area contributed by atoms with Gasteiger partial charge >= 0.3 is 6.03 Å². The Bertz CT molecular complexity index is 474. The molecule has 0 aliphatic rings. The third-order valence-electron chi connectivity index (χ3n) is 2.70. The van der Waals surface area contributed by atoms with Crippen molar-refractivity contribution in [1.29, 1.82) is 5.26 Å². The van der Waals surface area contributed by atoms with Gasteiger partial charge in [-0.25, -0.2) is 4.79 Å². The summed E-state index contributed by atoms with van der Waals surface area (Å²) in [5, 5.41) is 11.6. The molecular weight excluding hydrogens is 226 g/mol. The van der Waals surface area contributed by atoms with Crippen molar-refractivity contribution in [1.82, 2.24) is 4.90 Å². The predicted molar refractivity (Wildman–Crippen MR) is 72.4 cm³/mol. The van der Waals surface area contributed by atoms with Crippen LogP contribution < -0.4 is 5.32 Å². The second-order valence-electron chi connectivity index (χ2n) is 4.71. The van der Waals surface area contributed by atoms with E-state index in [1.165, 1.54) is 4.90 Å². The lowest BCUT2D eigenvalue weighted by Gasteiger charge is -2.14. The van der Waals surface area contributed by atoms with Gasteiger partial charge in [0.05, 0.1) is 6.07 Å². The molecule has 0 aliphatic carbocycles. The Morgan fingerprint density at radius 2 is 2.17 bits per heavy atom. The Balaban J connectivity index is 2.80. The molecular formula is C14H19N3O. The predicted octanol–water partition coefficient (Wildman–Crippen LogP) is 2.79. The van der Waals surface area contributed by atoms with Gasteiger partial charge in [0.25, 0.3) is 0 Å². The summed E-state index contributed by atoms with van der Waals surface area (Å²) < 4.78 is 0. The van der Waals surface area contributed by atoms with Crippen molar-refractivity contribution in [2.45, 2.75) is 20.3 Å². The first-order valence-electron chi connectivity index (χ1n) is 5.91. The van der Waals surface area contributed by atoms with Gasteiger partial charge in [-0.2, -0.15) is 5.26 Å². The van der Waals surface area contributed by atoms with Gasteiger partial charge in [-0.05, 0) is 37.5 Å². The summed E-state index contributed by atoms with van der Waals surface area (Å²) in [5.74, 6) is 0.00613. The Morgan fingerprint density at radius 1 is 1.50 bits per heavy atom. The molecule has 1 N–H and O–H groups in total. The molecule has 1 rings (SSSR count). The van der Waals surface area contributed by atoms with E-state index in [0.717, 1.165) is 23.2 Å². The summed E-state index contributed by atoms with van der Waals surface area (Å²) in [6.07, 6.45) is 0.735. The molecule has 4 nitrogen and oxygen atoms in total. The van der Waals surface area contributed by atoms with E-state index in [9.17, 15) is 4.79 Å². The summed E-state index contributed by atoms with van der Waals surface area (Å²) in [7, 11) is 3.40. The van der Waals surface area contributed by atoms with E-state index in [-0.39, 0.29) is 11.9 Å². The molecule has 0 saturated heterocycles. The molecule has 0 bridgehead atoms. The van der Waals surface area contributed by atoms with Crippen LogP contribution >= 0.6 is 0 Å². The van der Waals surface area contributed by atoms with Crippen molar-refractivity contribution < 1.29 is 4.79 Å². The van der Waals surface area contributed by atoms with Crippen LogP contribution in [0, 0.1) is 24.2 Å². The van der Waals surface area contributed by atoms with Crippen LogP contribution in [0.5, 0.6) is 0 Å².